The second-order valence-corrected chi connectivity index (χ2v) is 10.9. The van der Waals surface area contributed by atoms with Gasteiger partial charge in [0.05, 0.1) is 18.8 Å². The molecular formula is C35H42N2O5. The number of carbonyl (C=O) groups is 2. The average Bonchev–Trinajstić information content (AvgIpc) is 3.00. The number of carbonyl (C=O) groups excluding carboxylic acids is 2. The molecule has 0 amide bonds. The predicted molar refractivity (Wildman–Crippen MR) is 168 cm³/mol. The largest absolute Gasteiger partial charge is 0.494 e. The summed E-state index contributed by atoms with van der Waals surface area (Å²) in [4.78, 5) is 24.4. The fourth-order valence-electron chi connectivity index (χ4n) is 5.20. The van der Waals surface area contributed by atoms with Crippen molar-refractivity contribution in [2.75, 3.05) is 24.7 Å². The number of benzene rings is 3. The van der Waals surface area contributed by atoms with E-state index in [1.165, 1.54) is 43.7 Å². The van der Waals surface area contributed by atoms with E-state index >= 15 is 0 Å². The van der Waals surface area contributed by atoms with Gasteiger partial charge in [0.2, 0.25) is 0 Å². The maximum Gasteiger partial charge on any atom is 0.338 e. The second kappa shape index (κ2) is 16.2. The molecule has 3 aromatic rings. The third-order valence-corrected chi connectivity index (χ3v) is 7.47. The Balaban J connectivity index is 1.05. The zero-order valence-corrected chi connectivity index (χ0v) is 24.3. The summed E-state index contributed by atoms with van der Waals surface area (Å²) in [6, 6.07) is 20.3. The first-order chi connectivity index (χ1) is 20.5. The van der Waals surface area contributed by atoms with Crippen LogP contribution < -0.4 is 20.9 Å². The van der Waals surface area contributed by atoms with Gasteiger partial charge in [-0.25, -0.2) is 9.59 Å². The first-order valence-corrected chi connectivity index (χ1v) is 15.0. The van der Waals surface area contributed by atoms with Crippen LogP contribution in [0.3, 0.4) is 0 Å². The first kappa shape index (κ1) is 30.7. The van der Waals surface area contributed by atoms with Gasteiger partial charge in [0.25, 0.3) is 0 Å². The summed E-state index contributed by atoms with van der Waals surface area (Å²) >= 11 is 0. The average molecular weight is 571 g/mol. The topological polar surface area (TPSA) is 114 Å². The first-order valence-electron chi connectivity index (χ1n) is 15.0. The number of nitrogen functional groups attached to an aromatic ring is 2. The highest BCUT2D eigenvalue weighted by atomic mass is 16.5. The molecule has 7 nitrogen and oxygen atoms in total. The van der Waals surface area contributed by atoms with E-state index < -0.39 is 11.9 Å². The molecule has 222 valence electrons. The van der Waals surface area contributed by atoms with Gasteiger partial charge < -0.3 is 25.7 Å². The molecule has 4 N–H and O–H groups in total. The number of rotatable bonds is 14. The summed E-state index contributed by atoms with van der Waals surface area (Å²) in [6.07, 6.45) is 14.4. The fourth-order valence-corrected chi connectivity index (χ4v) is 5.20. The van der Waals surface area contributed by atoms with E-state index in [0.717, 1.165) is 43.4 Å². The molecule has 1 aliphatic carbocycles. The molecule has 3 aromatic carbocycles. The van der Waals surface area contributed by atoms with Gasteiger partial charge in [0, 0.05) is 17.5 Å². The van der Waals surface area contributed by atoms with Crippen molar-refractivity contribution < 1.29 is 23.8 Å². The molecule has 0 spiro atoms. The molecule has 0 aromatic heterocycles. The second-order valence-electron chi connectivity index (χ2n) is 10.9. The van der Waals surface area contributed by atoms with Gasteiger partial charge in [0.1, 0.15) is 11.5 Å². The lowest BCUT2D eigenvalue weighted by Crippen LogP contribution is -2.08. The summed E-state index contributed by atoms with van der Waals surface area (Å²) in [5, 5.41) is 0. The van der Waals surface area contributed by atoms with Crippen molar-refractivity contribution >= 4 is 29.4 Å². The van der Waals surface area contributed by atoms with Crippen molar-refractivity contribution in [2.45, 2.75) is 70.1 Å². The highest BCUT2D eigenvalue weighted by Crippen LogP contribution is 2.33. The molecule has 1 saturated carbocycles. The minimum Gasteiger partial charge on any atom is -0.494 e. The molecular weight excluding hydrogens is 528 g/mol. The molecule has 1 aliphatic rings. The van der Waals surface area contributed by atoms with Crippen molar-refractivity contribution in [3.63, 3.8) is 0 Å². The van der Waals surface area contributed by atoms with Crippen LogP contribution in [-0.4, -0.2) is 25.2 Å². The highest BCUT2D eigenvalue weighted by Gasteiger charge is 2.15. The van der Waals surface area contributed by atoms with E-state index in [1.807, 2.05) is 36.4 Å². The van der Waals surface area contributed by atoms with Gasteiger partial charge >= 0.3 is 11.9 Å². The van der Waals surface area contributed by atoms with E-state index in [1.54, 1.807) is 24.3 Å². The zero-order chi connectivity index (χ0) is 29.6. The molecule has 0 radical (unpaired) electrons. The van der Waals surface area contributed by atoms with E-state index in [-0.39, 0.29) is 0 Å². The van der Waals surface area contributed by atoms with Gasteiger partial charge in [-0.2, -0.15) is 0 Å². The van der Waals surface area contributed by atoms with E-state index in [9.17, 15) is 9.59 Å². The maximum absolute atomic E-state index is 12.3. The number of hydrogen-bond acceptors (Lipinski definition) is 7. The predicted octanol–water partition coefficient (Wildman–Crippen LogP) is 7.70. The van der Waals surface area contributed by atoms with E-state index in [0.29, 0.717) is 41.8 Å². The standard InChI is InChI=1S/C35H42N2O5/c36-30-23-29(24-31(37)25-30)35(39)41-22-8-3-1-2-7-21-40-32-16-11-26(12-17-32)13-20-34(38)42-33-18-14-28(15-19-33)27-9-5-4-6-10-27/h11-20,23-25,27H,1-10,21-22,36-37H2. The van der Waals surface area contributed by atoms with Crippen LogP contribution in [0.1, 0.15) is 91.6 Å². The number of ether oxygens (including phenoxy) is 3. The molecule has 1 fully saturated rings. The Kier molecular flexibility index (Phi) is 11.9. The van der Waals surface area contributed by atoms with Crippen molar-refractivity contribution in [3.8, 4) is 11.5 Å². The van der Waals surface area contributed by atoms with E-state index in [2.05, 4.69) is 12.1 Å². The Labute approximate surface area is 248 Å². The van der Waals surface area contributed by atoms with Crippen LogP contribution in [0.25, 0.3) is 6.08 Å². The molecule has 0 unspecified atom stereocenters. The summed E-state index contributed by atoms with van der Waals surface area (Å²) in [7, 11) is 0. The molecule has 0 aliphatic heterocycles. The van der Waals surface area contributed by atoms with Crippen molar-refractivity contribution in [2.24, 2.45) is 0 Å². The number of nitrogens with two attached hydrogens (primary N) is 2. The lowest BCUT2D eigenvalue weighted by atomic mass is 9.84. The molecule has 0 heterocycles. The summed E-state index contributed by atoms with van der Waals surface area (Å²) < 4.78 is 16.6. The SMILES string of the molecule is Nc1cc(N)cc(C(=O)OCCCCCCCOc2ccc(C=CC(=O)Oc3ccc(C4CCCCC4)cc3)cc2)c1. The van der Waals surface area contributed by atoms with Crippen molar-refractivity contribution in [1.29, 1.82) is 0 Å². The van der Waals surface area contributed by atoms with Gasteiger partial charge in [-0.3, -0.25) is 0 Å². The number of hydrogen-bond donors (Lipinski definition) is 2. The lowest BCUT2D eigenvalue weighted by Gasteiger charge is -2.21. The maximum atomic E-state index is 12.3. The van der Waals surface area contributed by atoms with Crippen molar-refractivity contribution in [3.05, 3.63) is 89.5 Å². The van der Waals surface area contributed by atoms with E-state index in [4.69, 9.17) is 25.7 Å². The van der Waals surface area contributed by atoms with Crippen LogP contribution in [0.2, 0.25) is 0 Å². The quantitative estimate of drug-likeness (QED) is 0.0671. The van der Waals surface area contributed by atoms with Gasteiger partial charge in [-0.1, -0.05) is 62.8 Å². The molecule has 4 rings (SSSR count). The number of unbranched alkanes of at least 4 members (excludes halogenated alkanes) is 4. The van der Waals surface area contributed by atoms with Crippen molar-refractivity contribution in [1.82, 2.24) is 0 Å². The Morgan fingerprint density at radius 3 is 2.05 bits per heavy atom. The zero-order valence-electron chi connectivity index (χ0n) is 24.3. The minimum absolute atomic E-state index is 0.371. The van der Waals surface area contributed by atoms with Crippen LogP contribution >= 0.6 is 0 Å². The molecule has 7 heteroatoms. The number of anilines is 2. The normalized spacial score (nSPS) is 13.6. The Morgan fingerprint density at radius 2 is 1.36 bits per heavy atom. The van der Waals surface area contributed by atoms with Crippen LogP contribution in [-0.2, 0) is 9.53 Å². The Morgan fingerprint density at radius 1 is 0.738 bits per heavy atom. The van der Waals surface area contributed by atoms with Gasteiger partial charge in [0.15, 0.2) is 0 Å². The minimum atomic E-state index is -0.404. The number of esters is 2. The van der Waals surface area contributed by atoms with Crippen LogP contribution in [0.5, 0.6) is 11.5 Å². The summed E-state index contributed by atoms with van der Waals surface area (Å²) in [6.45, 7) is 1.00. The smallest absolute Gasteiger partial charge is 0.338 e. The lowest BCUT2D eigenvalue weighted by molar-refractivity contribution is -0.128. The van der Waals surface area contributed by atoms with Crippen LogP contribution in [0, 0.1) is 0 Å². The molecule has 42 heavy (non-hydrogen) atoms. The fraction of sp³-hybridized carbons (Fsp3) is 0.371. The summed E-state index contributed by atoms with van der Waals surface area (Å²) in [5.74, 6) is 1.19. The monoisotopic (exact) mass is 570 g/mol. The Hall–Kier alpha value is -4.26. The van der Waals surface area contributed by atoms with Crippen LogP contribution in [0.4, 0.5) is 11.4 Å². The Bertz CT molecular complexity index is 1290. The third kappa shape index (κ3) is 10.3. The summed E-state index contributed by atoms with van der Waals surface area (Å²) in [5.41, 5.74) is 14.9. The molecule has 0 bridgehead atoms. The van der Waals surface area contributed by atoms with Gasteiger partial charge in [-0.15, -0.1) is 0 Å². The highest BCUT2D eigenvalue weighted by molar-refractivity contribution is 5.91. The van der Waals surface area contributed by atoms with Gasteiger partial charge in [-0.05, 0) is 91.3 Å². The van der Waals surface area contributed by atoms with Crippen LogP contribution in [0.15, 0.2) is 72.8 Å². The molecule has 0 saturated heterocycles. The third-order valence-electron chi connectivity index (χ3n) is 7.47. The molecule has 0 atom stereocenters.